The largest absolute Gasteiger partial charge is 0.493 e. The van der Waals surface area contributed by atoms with Gasteiger partial charge in [0.1, 0.15) is 0 Å². The maximum atomic E-state index is 12.2. The van der Waals surface area contributed by atoms with Gasteiger partial charge in [0.05, 0.1) is 7.11 Å². The van der Waals surface area contributed by atoms with Gasteiger partial charge in [0, 0.05) is 31.2 Å². The second kappa shape index (κ2) is 9.56. The number of rotatable bonds is 8. The van der Waals surface area contributed by atoms with Crippen LogP contribution < -0.4 is 14.8 Å². The smallest absolute Gasteiger partial charge is 0.257 e. The molecule has 0 radical (unpaired) electrons. The molecule has 1 heterocycles. The quantitative estimate of drug-likeness (QED) is 0.695. The summed E-state index contributed by atoms with van der Waals surface area (Å²) in [5, 5.41) is 2.94. The van der Waals surface area contributed by atoms with Crippen molar-refractivity contribution < 1.29 is 19.1 Å². The molecule has 0 unspecified atom stereocenters. The van der Waals surface area contributed by atoms with E-state index in [1.807, 2.05) is 0 Å². The fraction of sp³-hybridized carbons (Fsp3) is 0.391. The highest BCUT2D eigenvalue weighted by atomic mass is 16.5. The van der Waals surface area contributed by atoms with Gasteiger partial charge in [-0.2, -0.15) is 0 Å². The Labute approximate surface area is 171 Å². The van der Waals surface area contributed by atoms with Crippen LogP contribution in [0, 0.1) is 0 Å². The molecule has 1 N–H and O–H groups in total. The summed E-state index contributed by atoms with van der Waals surface area (Å²) in [5.74, 6) is 0.632. The van der Waals surface area contributed by atoms with Gasteiger partial charge in [0.25, 0.3) is 5.91 Å². The molecule has 2 aromatic carbocycles. The first-order chi connectivity index (χ1) is 14.0. The summed E-state index contributed by atoms with van der Waals surface area (Å²) in [4.78, 5) is 26.1. The van der Waals surface area contributed by atoms with Gasteiger partial charge in [-0.3, -0.25) is 14.5 Å². The van der Waals surface area contributed by atoms with Crippen molar-refractivity contribution in [1.82, 2.24) is 10.2 Å². The van der Waals surface area contributed by atoms with Crippen LogP contribution in [0.3, 0.4) is 0 Å². The van der Waals surface area contributed by atoms with Crippen molar-refractivity contribution in [2.75, 3.05) is 26.8 Å². The molecule has 3 rings (SSSR count). The number of hydrogen-bond acceptors (Lipinski definition) is 5. The topological polar surface area (TPSA) is 67.9 Å². The number of nitrogens with one attached hydrogen (secondary N) is 1. The Balaban J connectivity index is 1.47. The summed E-state index contributed by atoms with van der Waals surface area (Å²) in [6.07, 6.45) is 1.04. The first kappa shape index (κ1) is 20.9. The molecule has 0 saturated carbocycles. The van der Waals surface area contributed by atoms with Crippen molar-refractivity contribution in [3.8, 4) is 11.5 Å². The van der Waals surface area contributed by atoms with E-state index < -0.39 is 0 Å². The number of carbonyl (C=O) groups excluding carboxylic acids is 2. The predicted octanol–water partition coefficient (Wildman–Crippen LogP) is 2.84. The summed E-state index contributed by atoms with van der Waals surface area (Å²) >= 11 is 0. The zero-order valence-corrected chi connectivity index (χ0v) is 17.2. The van der Waals surface area contributed by atoms with E-state index in [4.69, 9.17) is 9.47 Å². The second-order valence-corrected chi connectivity index (χ2v) is 7.35. The van der Waals surface area contributed by atoms with E-state index in [0.717, 1.165) is 19.5 Å². The maximum Gasteiger partial charge on any atom is 0.257 e. The zero-order chi connectivity index (χ0) is 20.8. The lowest BCUT2D eigenvalue weighted by Crippen LogP contribution is -2.45. The van der Waals surface area contributed by atoms with E-state index in [-0.39, 0.29) is 24.3 Å². The first-order valence-corrected chi connectivity index (χ1v) is 9.87. The van der Waals surface area contributed by atoms with Gasteiger partial charge in [-0.1, -0.05) is 24.3 Å². The first-order valence-electron chi connectivity index (χ1n) is 9.87. The van der Waals surface area contributed by atoms with Gasteiger partial charge < -0.3 is 14.8 Å². The molecular weight excluding hydrogens is 368 g/mol. The molecule has 6 nitrogen and oxygen atoms in total. The summed E-state index contributed by atoms with van der Waals surface area (Å²) in [6, 6.07) is 13.7. The van der Waals surface area contributed by atoms with E-state index >= 15 is 0 Å². The average molecular weight is 396 g/mol. The standard InChI is InChI=1S/C23H28N2O4/c1-16(25-11-10-18-6-4-5-7-20(18)14-25)13-24-23(27)15-29-21-9-8-19(17(2)26)12-22(21)28-3/h4-9,12,16H,10-11,13-15H2,1-3H3,(H,24,27)/t16-/m1/s1. The molecule has 6 heteroatoms. The van der Waals surface area contributed by atoms with Gasteiger partial charge in [0.15, 0.2) is 23.9 Å². The minimum absolute atomic E-state index is 0.0538. The van der Waals surface area contributed by atoms with Gasteiger partial charge in [-0.25, -0.2) is 0 Å². The van der Waals surface area contributed by atoms with Crippen LogP contribution in [-0.4, -0.2) is 49.4 Å². The molecule has 1 amide bonds. The molecule has 0 fully saturated rings. The fourth-order valence-corrected chi connectivity index (χ4v) is 3.48. The normalized spacial score (nSPS) is 14.6. The number of benzene rings is 2. The Bertz CT molecular complexity index is 881. The average Bonchev–Trinajstić information content (AvgIpc) is 2.75. The number of fused-ring (bicyclic) bond motifs is 1. The molecular formula is C23H28N2O4. The minimum atomic E-state index is -0.188. The highest BCUT2D eigenvalue weighted by Gasteiger charge is 2.20. The number of Topliss-reactive ketones (excluding diaryl/α,β-unsaturated/α-hetero) is 1. The summed E-state index contributed by atoms with van der Waals surface area (Å²) in [7, 11) is 1.50. The van der Waals surface area contributed by atoms with Crippen molar-refractivity contribution in [3.05, 3.63) is 59.2 Å². The molecule has 1 aliphatic rings. The second-order valence-electron chi connectivity index (χ2n) is 7.35. The molecule has 1 aliphatic heterocycles. The Hall–Kier alpha value is -2.86. The molecule has 0 aliphatic carbocycles. The Morgan fingerprint density at radius 1 is 1.14 bits per heavy atom. The van der Waals surface area contributed by atoms with Gasteiger partial charge in [-0.05, 0) is 49.6 Å². The van der Waals surface area contributed by atoms with Crippen LogP contribution in [0.15, 0.2) is 42.5 Å². The molecule has 0 bridgehead atoms. The number of ether oxygens (including phenoxy) is 2. The lowest BCUT2D eigenvalue weighted by Gasteiger charge is -2.33. The highest BCUT2D eigenvalue weighted by Crippen LogP contribution is 2.28. The summed E-state index contributed by atoms with van der Waals surface area (Å²) < 4.78 is 10.8. The Morgan fingerprint density at radius 2 is 1.90 bits per heavy atom. The molecule has 29 heavy (non-hydrogen) atoms. The summed E-state index contributed by atoms with van der Waals surface area (Å²) in [6.45, 7) is 5.97. The number of hydrogen-bond donors (Lipinski definition) is 1. The van der Waals surface area contributed by atoms with Crippen LogP contribution >= 0.6 is 0 Å². The van der Waals surface area contributed by atoms with Crippen LogP contribution in [-0.2, 0) is 17.8 Å². The number of amides is 1. The van der Waals surface area contributed by atoms with Crippen molar-refractivity contribution in [3.63, 3.8) is 0 Å². The minimum Gasteiger partial charge on any atom is -0.493 e. The number of carbonyl (C=O) groups is 2. The van der Waals surface area contributed by atoms with Crippen molar-refractivity contribution in [1.29, 1.82) is 0 Å². The van der Waals surface area contributed by atoms with Crippen molar-refractivity contribution in [2.24, 2.45) is 0 Å². The fourth-order valence-electron chi connectivity index (χ4n) is 3.48. The SMILES string of the molecule is COc1cc(C(C)=O)ccc1OCC(=O)NC[C@@H](C)N1CCc2ccccc2C1. The predicted molar refractivity (Wildman–Crippen MR) is 112 cm³/mol. The van der Waals surface area contributed by atoms with Gasteiger partial charge >= 0.3 is 0 Å². The monoisotopic (exact) mass is 396 g/mol. The molecule has 0 aromatic heterocycles. The highest BCUT2D eigenvalue weighted by molar-refractivity contribution is 5.94. The molecule has 154 valence electrons. The lowest BCUT2D eigenvalue weighted by molar-refractivity contribution is -0.123. The molecule has 0 saturated heterocycles. The molecule has 0 spiro atoms. The number of ketones is 1. The Kier molecular flexibility index (Phi) is 6.88. The third-order valence-electron chi connectivity index (χ3n) is 5.31. The zero-order valence-electron chi connectivity index (χ0n) is 17.2. The van der Waals surface area contributed by atoms with Crippen LogP contribution in [0.4, 0.5) is 0 Å². The third kappa shape index (κ3) is 5.35. The molecule has 2 aromatic rings. The van der Waals surface area contributed by atoms with Crippen LogP contribution in [0.2, 0.25) is 0 Å². The van der Waals surface area contributed by atoms with Gasteiger partial charge in [0.2, 0.25) is 0 Å². The van der Waals surface area contributed by atoms with E-state index in [1.54, 1.807) is 18.2 Å². The maximum absolute atomic E-state index is 12.2. The van der Waals surface area contributed by atoms with E-state index in [0.29, 0.717) is 23.6 Å². The summed E-state index contributed by atoms with van der Waals surface area (Å²) in [5.41, 5.74) is 3.31. The van der Waals surface area contributed by atoms with Crippen LogP contribution in [0.25, 0.3) is 0 Å². The van der Waals surface area contributed by atoms with E-state index in [9.17, 15) is 9.59 Å². The van der Waals surface area contributed by atoms with Crippen molar-refractivity contribution >= 4 is 11.7 Å². The van der Waals surface area contributed by atoms with Crippen LogP contribution in [0.5, 0.6) is 11.5 Å². The number of nitrogens with zero attached hydrogens (tertiary/aromatic N) is 1. The third-order valence-corrected chi connectivity index (χ3v) is 5.31. The number of methoxy groups -OCH3 is 1. The van der Waals surface area contributed by atoms with Crippen LogP contribution in [0.1, 0.15) is 35.3 Å². The molecule has 1 atom stereocenters. The van der Waals surface area contributed by atoms with Gasteiger partial charge in [-0.15, -0.1) is 0 Å². The van der Waals surface area contributed by atoms with E-state index in [1.165, 1.54) is 25.2 Å². The van der Waals surface area contributed by atoms with Crippen molar-refractivity contribution in [2.45, 2.75) is 32.9 Å². The van der Waals surface area contributed by atoms with E-state index in [2.05, 4.69) is 41.4 Å². The lowest BCUT2D eigenvalue weighted by atomic mass is 9.99. The Morgan fingerprint density at radius 3 is 2.62 bits per heavy atom.